The topological polar surface area (TPSA) is 92.7 Å². The molecule has 7 nitrogen and oxygen atoms in total. The predicted molar refractivity (Wildman–Crippen MR) is 94.1 cm³/mol. The van der Waals surface area contributed by atoms with Crippen LogP contribution in [0, 0.1) is 6.92 Å². The molecule has 25 heavy (non-hydrogen) atoms. The maximum atomic E-state index is 12.4. The molecule has 0 bridgehead atoms. The van der Waals surface area contributed by atoms with Crippen molar-refractivity contribution in [2.45, 2.75) is 19.9 Å². The minimum atomic E-state index is -0.451. The lowest BCUT2D eigenvalue weighted by atomic mass is 10.1. The standard InChI is InChI=1S/C18H19N5O2/c1-11-5-4-6-13(9-11)15-8-7-14(18(25)21-15)17(24)20-12(2)16-22-19-10-23(16)3/h4-10,12H,1-3H3,(H,20,24)(H,21,25). The third kappa shape index (κ3) is 3.50. The largest absolute Gasteiger partial charge is 0.342 e. The first-order valence-electron chi connectivity index (χ1n) is 7.91. The van der Waals surface area contributed by atoms with Crippen LogP contribution in [0.1, 0.15) is 34.7 Å². The molecule has 2 N–H and O–H groups in total. The normalized spacial score (nSPS) is 12.0. The van der Waals surface area contributed by atoms with Gasteiger partial charge in [-0.2, -0.15) is 0 Å². The summed E-state index contributed by atoms with van der Waals surface area (Å²) in [4.78, 5) is 27.5. The van der Waals surface area contributed by atoms with Crippen molar-refractivity contribution < 1.29 is 4.79 Å². The van der Waals surface area contributed by atoms with Crippen molar-refractivity contribution in [1.82, 2.24) is 25.1 Å². The van der Waals surface area contributed by atoms with Gasteiger partial charge in [-0.1, -0.05) is 23.8 Å². The van der Waals surface area contributed by atoms with E-state index < -0.39 is 11.5 Å². The molecular weight excluding hydrogens is 318 g/mol. The minimum Gasteiger partial charge on any atom is -0.342 e. The van der Waals surface area contributed by atoms with Crippen molar-refractivity contribution in [2.75, 3.05) is 0 Å². The van der Waals surface area contributed by atoms with Crippen molar-refractivity contribution in [3.05, 3.63) is 70.0 Å². The molecule has 0 fully saturated rings. The Hall–Kier alpha value is -3.22. The van der Waals surface area contributed by atoms with Crippen LogP contribution in [0.2, 0.25) is 0 Å². The molecule has 7 heteroatoms. The zero-order valence-electron chi connectivity index (χ0n) is 14.3. The van der Waals surface area contributed by atoms with E-state index in [2.05, 4.69) is 20.5 Å². The van der Waals surface area contributed by atoms with E-state index in [-0.39, 0.29) is 11.6 Å². The highest BCUT2D eigenvalue weighted by Gasteiger charge is 2.17. The van der Waals surface area contributed by atoms with Crippen LogP contribution in [-0.2, 0) is 7.05 Å². The predicted octanol–water partition coefficient (Wildman–Crippen LogP) is 1.97. The molecule has 2 aromatic heterocycles. The molecule has 128 valence electrons. The summed E-state index contributed by atoms with van der Waals surface area (Å²) in [5, 5.41) is 10.5. The molecular formula is C18H19N5O2. The monoisotopic (exact) mass is 337 g/mol. The molecule has 2 heterocycles. The van der Waals surface area contributed by atoms with E-state index in [4.69, 9.17) is 0 Å². The van der Waals surface area contributed by atoms with Crippen LogP contribution in [0.5, 0.6) is 0 Å². The van der Waals surface area contributed by atoms with Crippen molar-refractivity contribution in [1.29, 1.82) is 0 Å². The zero-order chi connectivity index (χ0) is 18.0. The molecule has 1 amide bonds. The SMILES string of the molecule is Cc1cccc(-c2ccc(C(=O)NC(C)c3nncn3C)c(=O)[nH]2)c1. The van der Waals surface area contributed by atoms with E-state index in [1.807, 2.05) is 31.2 Å². The van der Waals surface area contributed by atoms with Crippen LogP contribution in [0.25, 0.3) is 11.3 Å². The molecule has 3 aromatic rings. The van der Waals surface area contributed by atoms with Gasteiger partial charge in [0.25, 0.3) is 11.5 Å². The van der Waals surface area contributed by atoms with Crippen molar-refractivity contribution in [2.24, 2.45) is 7.05 Å². The number of hydrogen-bond donors (Lipinski definition) is 2. The van der Waals surface area contributed by atoms with Crippen LogP contribution >= 0.6 is 0 Å². The number of aryl methyl sites for hydroxylation is 2. The van der Waals surface area contributed by atoms with E-state index in [9.17, 15) is 9.59 Å². The van der Waals surface area contributed by atoms with Gasteiger partial charge in [-0.15, -0.1) is 10.2 Å². The lowest BCUT2D eigenvalue weighted by Gasteiger charge is -2.13. The Bertz CT molecular complexity index is 973. The summed E-state index contributed by atoms with van der Waals surface area (Å²) in [5.41, 5.74) is 2.30. The maximum Gasteiger partial charge on any atom is 0.261 e. The fourth-order valence-electron chi connectivity index (χ4n) is 2.66. The van der Waals surface area contributed by atoms with E-state index in [1.54, 1.807) is 30.9 Å². The Labute approximate surface area is 144 Å². The fourth-order valence-corrected chi connectivity index (χ4v) is 2.66. The first-order chi connectivity index (χ1) is 12.0. The number of H-pyrrole nitrogens is 1. The van der Waals surface area contributed by atoms with Gasteiger partial charge in [-0.05, 0) is 37.6 Å². The Morgan fingerprint density at radius 3 is 2.72 bits per heavy atom. The molecule has 0 saturated heterocycles. The van der Waals surface area contributed by atoms with Gasteiger partial charge in [-0.25, -0.2) is 0 Å². The second kappa shape index (κ2) is 6.72. The van der Waals surface area contributed by atoms with Gasteiger partial charge in [0.05, 0.1) is 6.04 Å². The van der Waals surface area contributed by atoms with Crippen LogP contribution in [0.3, 0.4) is 0 Å². The number of aromatic nitrogens is 4. The number of hydrogen-bond acceptors (Lipinski definition) is 4. The molecule has 1 aromatic carbocycles. The average molecular weight is 337 g/mol. The lowest BCUT2D eigenvalue weighted by molar-refractivity contribution is 0.0936. The summed E-state index contributed by atoms with van der Waals surface area (Å²) >= 11 is 0. The number of rotatable bonds is 4. The highest BCUT2D eigenvalue weighted by molar-refractivity contribution is 5.94. The van der Waals surface area contributed by atoms with Crippen molar-refractivity contribution >= 4 is 5.91 Å². The lowest BCUT2D eigenvalue weighted by Crippen LogP contribution is -2.32. The third-order valence-electron chi connectivity index (χ3n) is 3.96. The van der Waals surface area contributed by atoms with Crippen molar-refractivity contribution in [3.8, 4) is 11.3 Å². The number of benzene rings is 1. The molecule has 3 rings (SSSR count). The highest BCUT2D eigenvalue weighted by Crippen LogP contribution is 2.17. The molecule has 0 spiro atoms. The second-order valence-corrected chi connectivity index (χ2v) is 5.98. The van der Waals surface area contributed by atoms with Gasteiger partial charge in [-0.3, -0.25) is 9.59 Å². The first kappa shape index (κ1) is 16.6. The van der Waals surface area contributed by atoms with Gasteiger partial charge in [0.2, 0.25) is 0 Å². The summed E-state index contributed by atoms with van der Waals surface area (Å²) in [6, 6.07) is 10.7. The van der Waals surface area contributed by atoms with E-state index in [0.29, 0.717) is 11.5 Å². The van der Waals surface area contributed by atoms with Crippen LogP contribution in [-0.4, -0.2) is 25.7 Å². The summed E-state index contributed by atoms with van der Waals surface area (Å²) < 4.78 is 1.72. The summed E-state index contributed by atoms with van der Waals surface area (Å²) in [7, 11) is 1.79. The van der Waals surface area contributed by atoms with E-state index in [1.165, 1.54) is 6.07 Å². The number of pyridine rings is 1. The number of nitrogens with zero attached hydrogens (tertiary/aromatic N) is 3. The van der Waals surface area contributed by atoms with E-state index >= 15 is 0 Å². The third-order valence-corrected chi connectivity index (χ3v) is 3.96. The van der Waals surface area contributed by atoms with Crippen LogP contribution in [0.15, 0.2) is 47.5 Å². The molecule has 1 unspecified atom stereocenters. The van der Waals surface area contributed by atoms with Crippen LogP contribution in [0.4, 0.5) is 0 Å². The Morgan fingerprint density at radius 1 is 1.28 bits per heavy atom. The quantitative estimate of drug-likeness (QED) is 0.761. The summed E-state index contributed by atoms with van der Waals surface area (Å²) in [6.45, 7) is 3.77. The number of nitrogens with one attached hydrogen (secondary N) is 2. The number of carbonyl (C=O) groups is 1. The Kier molecular flexibility index (Phi) is 4.47. The van der Waals surface area contributed by atoms with Crippen molar-refractivity contribution in [3.63, 3.8) is 0 Å². The smallest absolute Gasteiger partial charge is 0.261 e. The molecule has 1 atom stereocenters. The minimum absolute atomic E-state index is 0.0606. The summed E-state index contributed by atoms with van der Waals surface area (Å²) in [5.74, 6) is 0.161. The first-order valence-corrected chi connectivity index (χ1v) is 7.91. The Balaban J connectivity index is 1.82. The Morgan fingerprint density at radius 2 is 2.08 bits per heavy atom. The van der Waals surface area contributed by atoms with Gasteiger partial charge in [0.15, 0.2) is 5.82 Å². The fraction of sp³-hybridized carbons (Fsp3) is 0.222. The molecule has 0 saturated carbocycles. The van der Waals surface area contributed by atoms with Crippen LogP contribution < -0.4 is 10.9 Å². The number of amides is 1. The zero-order valence-corrected chi connectivity index (χ0v) is 14.3. The highest BCUT2D eigenvalue weighted by atomic mass is 16.2. The summed E-state index contributed by atoms with van der Waals surface area (Å²) in [6.07, 6.45) is 1.56. The number of carbonyl (C=O) groups excluding carboxylic acids is 1. The molecule has 0 aliphatic rings. The average Bonchev–Trinajstić information content (AvgIpc) is 3.00. The second-order valence-electron chi connectivity index (χ2n) is 5.98. The van der Waals surface area contributed by atoms with Gasteiger partial charge < -0.3 is 14.9 Å². The van der Waals surface area contributed by atoms with Gasteiger partial charge in [0, 0.05) is 12.7 Å². The maximum absolute atomic E-state index is 12.4. The van der Waals surface area contributed by atoms with Gasteiger partial charge >= 0.3 is 0 Å². The van der Waals surface area contributed by atoms with E-state index in [0.717, 1.165) is 11.1 Å². The molecule has 0 aliphatic carbocycles. The molecule has 0 radical (unpaired) electrons. The number of aromatic amines is 1. The van der Waals surface area contributed by atoms with Gasteiger partial charge in [0.1, 0.15) is 11.9 Å². The molecule has 0 aliphatic heterocycles.